The van der Waals surface area contributed by atoms with Crippen molar-refractivity contribution in [2.45, 2.75) is 64.0 Å². The van der Waals surface area contributed by atoms with Gasteiger partial charge in [0, 0.05) is 13.0 Å². The minimum absolute atomic E-state index is 0.105. The first-order chi connectivity index (χ1) is 16.2. The van der Waals surface area contributed by atoms with Gasteiger partial charge in [0.05, 0.1) is 12.5 Å². The summed E-state index contributed by atoms with van der Waals surface area (Å²) in [5.41, 5.74) is 0. The molecule has 1 aliphatic carbocycles. The van der Waals surface area contributed by atoms with Crippen molar-refractivity contribution in [2.24, 2.45) is 13.0 Å². The van der Waals surface area contributed by atoms with Crippen molar-refractivity contribution in [3.8, 4) is 0 Å². The van der Waals surface area contributed by atoms with Gasteiger partial charge in [0.2, 0.25) is 0 Å². The van der Waals surface area contributed by atoms with Crippen LogP contribution in [0.15, 0.2) is 60.7 Å². The Morgan fingerprint density at radius 2 is 1.50 bits per heavy atom. The highest BCUT2D eigenvalue weighted by Gasteiger charge is 2.50. The fraction of sp³-hybridized carbons (Fsp3) is 0.444. The molecule has 0 atom stereocenters. The molecule has 1 aromatic heterocycles. The molecule has 0 radical (unpaired) electrons. The van der Waals surface area contributed by atoms with Crippen LogP contribution in [0.2, 0.25) is 5.04 Å². The van der Waals surface area contributed by atoms with Crippen LogP contribution in [0.4, 0.5) is 0 Å². The lowest BCUT2D eigenvalue weighted by molar-refractivity contribution is -0.142. The number of carbonyl (C=O) groups is 1. The van der Waals surface area contributed by atoms with E-state index in [1.807, 2.05) is 19.2 Å². The third kappa shape index (κ3) is 4.59. The van der Waals surface area contributed by atoms with Crippen LogP contribution in [0, 0.1) is 5.92 Å². The molecule has 0 aliphatic heterocycles. The second-order valence-electron chi connectivity index (χ2n) is 10.4. The number of rotatable bonds is 7. The maximum absolute atomic E-state index is 11.3. The largest absolute Gasteiger partial charge is 0.481 e. The molecule has 6 nitrogen and oxygen atoms in total. The molecule has 0 amide bonds. The van der Waals surface area contributed by atoms with Crippen LogP contribution >= 0.6 is 0 Å². The zero-order valence-corrected chi connectivity index (χ0v) is 21.6. The molecule has 1 saturated carbocycles. The zero-order valence-electron chi connectivity index (χ0n) is 20.6. The normalized spacial score (nSPS) is 19.2. The predicted octanol–water partition coefficient (Wildman–Crippen LogP) is 4.25. The van der Waals surface area contributed by atoms with Crippen LogP contribution < -0.4 is 10.4 Å². The van der Waals surface area contributed by atoms with Gasteiger partial charge in [-0.1, -0.05) is 81.4 Å². The lowest BCUT2D eigenvalue weighted by Crippen LogP contribution is -2.66. The summed E-state index contributed by atoms with van der Waals surface area (Å²) >= 11 is 0. The van der Waals surface area contributed by atoms with Gasteiger partial charge in [-0.15, -0.1) is 10.2 Å². The smallest absolute Gasteiger partial charge is 0.306 e. The second-order valence-corrected chi connectivity index (χ2v) is 14.7. The highest BCUT2D eigenvalue weighted by atomic mass is 28.4. The van der Waals surface area contributed by atoms with Gasteiger partial charge in [-0.25, -0.2) is 0 Å². The molecule has 1 aliphatic rings. The number of hydrogen-bond donors (Lipinski definition) is 1. The van der Waals surface area contributed by atoms with Gasteiger partial charge < -0.3 is 14.1 Å². The van der Waals surface area contributed by atoms with E-state index in [9.17, 15) is 9.90 Å². The van der Waals surface area contributed by atoms with E-state index in [2.05, 4.69) is 84.1 Å². The third-order valence-corrected chi connectivity index (χ3v) is 12.3. The minimum atomic E-state index is -2.65. The summed E-state index contributed by atoms with van der Waals surface area (Å²) in [7, 11) is -0.651. The molecule has 7 heteroatoms. The SMILES string of the molecule is Cn1c(CO[Si](c2ccccc2)(c2ccccc2)C(C)(C)C)nnc1C1CCC(C(=O)O)CC1. The fourth-order valence-electron chi connectivity index (χ4n) is 5.39. The summed E-state index contributed by atoms with van der Waals surface area (Å²) < 4.78 is 9.08. The molecule has 4 rings (SSSR count). The standard InChI is InChI=1S/C27H35N3O3Si/c1-27(2,3)34(22-11-7-5-8-12-22,23-13-9-6-10-14-23)33-19-24-28-29-25(30(24)4)20-15-17-21(18-16-20)26(31)32/h5-14,20-21H,15-19H2,1-4H3,(H,31,32). The van der Waals surface area contributed by atoms with Crippen molar-refractivity contribution in [3.05, 3.63) is 72.3 Å². The summed E-state index contributed by atoms with van der Waals surface area (Å²) in [6.45, 7) is 7.17. The van der Waals surface area contributed by atoms with Crippen molar-refractivity contribution in [3.63, 3.8) is 0 Å². The summed E-state index contributed by atoms with van der Waals surface area (Å²) in [5.74, 6) is 1.07. The molecular weight excluding hydrogens is 442 g/mol. The van der Waals surface area contributed by atoms with E-state index < -0.39 is 14.3 Å². The average molecular weight is 478 g/mol. The first-order valence-corrected chi connectivity index (χ1v) is 14.0. The number of carboxylic acids is 1. The predicted molar refractivity (Wildman–Crippen MR) is 136 cm³/mol. The zero-order chi connectivity index (χ0) is 24.3. The Hall–Kier alpha value is -2.77. The van der Waals surface area contributed by atoms with Crippen molar-refractivity contribution < 1.29 is 14.3 Å². The summed E-state index contributed by atoms with van der Waals surface area (Å²) in [5, 5.41) is 20.7. The lowest BCUT2D eigenvalue weighted by Gasteiger charge is -2.42. The highest BCUT2D eigenvalue weighted by Crippen LogP contribution is 2.38. The van der Waals surface area contributed by atoms with Crippen molar-refractivity contribution >= 4 is 24.7 Å². The first kappa shape index (κ1) is 24.4. The summed E-state index contributed by atoms with van der Waals surface area (Å²) in [4.78, 5) is 11.3. The van der Waals surface area contributed by atoms with Crippen molar-refractivity contribution in [1.29, 1.82) is 0 Å². The van der Waals surface area contributed by atoms with Gasteiger partial charge in [0.25, 0.3) is 8.32 Å². The Morgan fingerprint density at radius 3 is 1.97 bits per heavy atom. The molecule has 0 spiro atoms. The first-order valence-electron chi connectivity index (χ1n) is 12.1. The molecule has 1 fully saturated rings. The Kier molecular flexibility index (Phi) is 7.05. The minimum Gasteiger partial charge on any atom is -0.481 e. The topological polar surface area (TPSA) is 77.2 Å². The van der Waals surface area contributed by atoms with E-state index in [-0.39, 0.29) is 16.9 Å². The number of aliphatic carboxylic acids is 1. The Labute approximate surface area is 203 Å². The van der Waals surface area contributed by atoms with Crippen LogP contribution in [-0.2, 0) is 22.9 Å². The van der Waals surface area contributed by atoms with E-state index in [0.717, 1.165) is 24.5 Å². The van der Waals surface area contributed by atoms with E-state index >= 15 is 0 Å². The molecule has 2 aromatic carbocycles. The van der Waals surface area contributed by atoms with Gasteiger partial charge >= 0.3 is 5.97 Å². The summed E-state index contributed by atoms with van der Waals surface area (Å²) in [6.07, 6.45) is 3.05. The van der Waals surface area contributed by atoms with Gasteiger partial charge in [-0.2, -0.15) is 0 Å². The number of nitrogens with zero attached hydrogens (tertiary/aromatic N) is 3. The van der Waals surface area contributed by atoms with Crippen LogP contribution in [-0.4, -0.2) is 34.2 Å². The molecule has 1 N–H and O–H groups in total. The molecule has 3 aromatic rings. The molecule has 180 valence electrons. The lowest BCUT2D eigenvalue weighted by atomic mass is 9.81. The molecule has 34 heavy (non-hydrogen) atoms. The van der Waals surface area contributed by atoms with E-state index in [1.54, 1.807) is 0 Å². The number of benzene rings is 2. The molecular formula is C27H35N3O3Si. The van der Waals surface area contributed by atoms with Gasteiger partial charge in [-0.3, -0.25) is 4.79 Å². The molecule has 0 saturated heterocycles. The van der Waals surface area contributed by atoms with Crippen molar-refractivity contribution in [1.82, 2.24) is 14.8 Å². The average Bonchev–Trinajstić information content (AvgIpc) is 3.20. The van der Waals surface area contributed by atoms with E-state index in [1.165, 1.54) is 10.4 Å². The maximum atomic E-state index is 11.3. The Balaban J connectivity index is 1.63. The highest BCUT2D eigenvalue weighted by molar-refractivity contribution is 6.99. The number of aromatic nitrogens is 3. The van der Waals surface area contributed by atoms with Crippen molar-refractivity contribution in [2.75, 3.05) is 0 Å². The quantitative estimate of drug-likeness (QED) is 0.515. The van der Waals surface area contributed by atoms with Crippen LogP contribution in [0.3, 0.4) is 0 Å². The van der Waals surface area contributed by atoms with Gasteiger partial charge in [0.15, 0.2) is 5.82 Å². The van der Waals surface area contributed by atoms with Crippen LogP contribution in [0.25, 0.3) is 0 Å². The second kappa shape index (κ2) is 9.84. The van der Waals surface area contributed by atoms with Gasteiger partial charge in [-0.05, 0) is 41.1 Å². The van der Waals surface area contributed by atoms with Crippen LogP contribution in [0.5, 0.6) is 0 Å². The Bertz CT molecular complexity index is 1060. The Morgan fingerprint density at radius 1 is 0.971 bits per heavy atom. The van der Waals surface area contributed by atoms with E-state index in [0.29, 0.717) is 19.4 Å². The monoisotopic (exact) mass is 477 g/mol. The maximum Gasteiger partial charge on any atom is 0.306 e. The molecule has 1 heterocycles. The third-order valence-electron chi connectivity index (χ3n) is 7.27. The van der Waals surface area contributed by atoms with Crippen LogP contribution in [0.1, 0.15) is 64.0 Å². The molecule has 0 bridgehead atoms. The summed E-state index contributed by atoms with van der Waals surface area (Å²) in [6, 6.07) is 21.2. The fourth-order valence-corrected chi connectivity index (χ4v) is 9.89. The number of carboxylic acid groups (broad SMARTS) is 1. The number of hydrogen-bond acceptors (Lipinski definition) is 4. The van der Waals surface area contributed by atoms with E-state index in [4.69, 9.17) is 4.43 Å². The van der Waals surface area contributed by atoms with Gasteiger partial charge in [0.1, 0.15) is 5.82 Å². The molecule has 0 unspecified atom stereocenters.